The Morgan fingerprint density at radius 3 is 2.70 bits per heavy atom. The molecule has 3 nitrogen and oxygen atoms in total. The third kappa shape index (κ3) is 3.25. The third-order valence-electron chi connectivity index (χ3n) is 1.32. The average Bonchev–Trinajstić information content (AvgIpc) is 1.87. The molecule has 0 spiro atoms. The lowest BCUT2D eigenvalue weighted by atomic mass is 10.0. The van der Waals surface area contributed by atoms with E-state index in [2.05, 4.69) is 6.58 Å². The summed E-state index contributed by atoms with van der Waals surface area (Å²) in [6, 6.07) is 0. The molecule has 0 rings (SSSR count). The van der Waals surface area contributed by atoms with E-state index in [0.717, 1.165) is 0 Å². The lowest BCUT2D eigenvalue weighted by molar-refractivity contribution is -0.141. The van der Waals surface area contributed by atoms with Gasteiger partial charge < -0.3 is 10.8 Å². The van der Waals surface area contributed by atoms with Gasteiger partial charge in [0.15, 0.2) is 0 Å². The highest BCUT2D eigenvalue weighted by Gasteiger charge is 2.13. The van der Waals surface area contributed by atoms with Crippen molar-refractivity contribution in [1.82, 2.24) is 0 Å². The summed E-state index contributed by atoms with van der Waals surface area (Å²) in [7, 11) is 0. The van der Waals surface area contributed by atoms with Crippen molar-refractivity contribution in [2.45, 2.75) is 12.8 Å². The highest BCUT2D eigenvalue weighted by Crippen LogP contribution is 2.07. The number of nitrogens with two attached hydrogens (primary N) is 1. The number of allylic oxidation sites excluding steroid dienone is 1. The largest absolute Gasteiger partial charge is 0.481 e. The fourth-order valence-electron chi connectivity index (χ4n) is 0.745. The van der Waals surface area contributed by atoms with Crippen LogP contribution < -0.4 is 5.73 Å². The molecule has 0 aromatic rings. The van der Waals surface area contributed by atoms with Crippen LogP contribution in [0.1, 0.15) is 12.8 Å². The second-order valence-electron chi connectivity index (χ2n) is 2.14. The maximum atomic E-state index is 10.4. The van der Waals surface area contributed by atoms with Gasteiger partial charge in [-0.3, -0.25) is 4.79 Å². The Hall–Kier alpha value is -0.830. The van der Waals surface area contributed by atoms with Crippen LogP contribution in [0.5, 0.6) is 0 Å². The van der Waals surface area contributed by atoms with Crippen LogP contribution in [-0.2, 0) is 4.79 Å². The monoisotopic (exact) mass is 143 g/mol. The topological polar surface area (TPSA) is 63.3 Å². The normalized spacial score (nSPS) is 12.5. The number of hydrogen-bond acceptors (Lipinski definition) is 2. The molecule has 0 radical (unpaired) electrons. The Labute approximate surface area is 60.5 Å². The molecule has 0 saturated carbocycles. The van der Waals surface area contributed by atoms with Gasteiger partial charge in [0.25, 0.3) is 0 Å². The zero-order valence-corrected chi connectivity index (χ0v) is 5.92. The van der Waals surface area contributed by atoms with Gasteiger partial charge in [-0.15, -0.1) is 6.58 Å². The molecule has 0 aliphatic carbocycles. The summed E-state index contributed by atoms with van der Waals surface area (Å²) >= 11 is 0. The molecule has 58 valence electrons. The van der Waals surface area contributed by atoms with Crippen molar-refractivity contribution >= 4 is 5.97 Å². The molecule has 0 fully saturated rings. The van der Waals surface area contributed by atoms with Crippen molar-refractivity contribution in [2.24, 2.45) is 11.7 Å². The Morgan fingerprint density at radius 2 is 2.40 bits per heavy atom. The summed E-state index contributed by atoms with van der Waals surface area (Å²) in [5.41, 5.74) is 5.20. The maximum absolute atomic E-state index is 10.4. The lowest BCUT2D eigenvalue weighted by Gasteiger charge is -2.06. The van der Waals surface area contributed by atoms with E-state index in [1.165, 1.54) is 0 Å². The number of hydrogen-bond donors (Lipinski definition) is 2. The van der Waals surface area contributed by atoms with Gasteiger partial charge in [-0.25, -0.2) is 0 Å². The molecule has 3 heteroatoms. The first-order chi connectivity index (χ1) is 4.72. The molecule has 0 heterocycles. The van der Waals surface area contributed by atoms with Gasteiger partial charge in [0.05, 0.1) is 5.92 Å². The summed E-state index contributed by atoms with van der Waals surface area (Å²) in [5, 5.41) is 8.53. The van der Waals surface area contributed by atoms with Crippen molar-refractivity contribution in [1.29, 1.82) is 0 Å². The van der Waals surface area contributed by atoms with Crippen molar-refractivity contribution in [3.05, 3.63) is 12.7 Å². The highest BCUT2D eigenvalue weighted by molar-refractivity contribution is 5.70. The van der Waals surface area contributed by atoms with Crippen molar-refractivity contribution < 1.29 is 9.90 Å². The molecule has 0 saturated heterocycles. The summed E-state index contributed by atoms with van der Waals surface area (Å²) in [6.45, 7) is 3.88. The van der Waals surface area contributed by atoms with Crippen LogP contribution in [0.25, 0.3) is 0 Å². The standard InChI is InChI=1S/C7H13NO2/c1-2-3-6(4-5-8)7(9)10/h2,6H,1,3-5,8H2,(H,9,10)/t6-/m1/s1. The van der Waals surface area contributed by atoms with E-state index < -0.39 is 5.97 Å². The van der Waals surface area contributed by atoms with Gasteiger partial charge >= 0.3 is 5.97 Å². The Morgan fingerprint density at radius 1 is 1.80 bits per heavy atom. The molecular formula is C7H13NO2. The summed E-state index contributed by atoms with van der Waals surface area (Å²) in [5.74, 6) is -1.13. The first-order valence-corrected chi connectivity index (χ1v) is 3.26. The van der Waals surface area contributed by atoms with E-state index in [1.807, 2.05) is 0 Å². The SMILES string of the molecule is C=CC[C@H](CCN)C(=O)O. The lowest BCUT2D eigenvalue weighted by Crippen LogP contribution is -2.17. The van der Waals surface area contributed by atoms with Gasteiger partial charge in [-0.2, -0.15) is 0 Å². The first-order valence-electron chi connectivity index (χ1n) is 3.26. The zero-order chi connectivity index (χ0) is 7.98. The molecular weight excluding hydrogens is 130 g/mol. The predicted octanol–water partition coefficient (Wildman–Crippen LogP) is 0.612. The maximum Gasteiger partial charge on any atom is 0.306 e. The zero-order valence-electron chi connectivity index (χ0n) is 5.92. The third-order valence-corrected chi connectivity index (χ3v) is 1.32. The minimum atomic E-state index is -0.787. The average molecular weight is 143 g/mol. The molecule has 0 aromatic carbocycles. The molecule has 3 N–H and O–H groups in total. The van der Waals surface area contributed by atoms with E-state index >= 15 is 0 Å². The van der Waals surface area contributed by atoms with Crippen molar-refractivity contribution in [3.63, 3.8) is 0 Å². The smallest absolute Gasteiger partial charge is 0.306 e. The summed E-state index contributed by atoms with van der Waals surface area (Å²) in [6.07, 6.45) is 2.64. The number of aliphatic carboxylic acids is 1. The molecule has 0 aliphatic rings. The molecule has 0 unspecified atom stereocenters. The molecule has 0 bridgehead atoms. The quantitative estimate of drug-likeness (QED) is 0.554. The van der Waals surface area contributed by atoms with E-state index in [9.17, 15) is 4.79 Å². The summed E-state index contributed by atoms with van der Waals surface area (Å²) in [4.78, 5) is 10.4. The molecule has 10 heavy (non-hydrogen) atoms. The molecule has 0 aromatic heterocycles. The molecule has 0 amide bonds. The Bertz CT molecular complexity index is 123. The summed E-state index contributed by atoms with van der Waals surface area (Å²) < 4.78 is 0. The Kier molecular flexibility index (Phi) is 4.58. The minimum absolute atomic E-state index is 0.345. The molecule has 0 aliphatic heterocycles. The van der Waals surface area contributed by atoms with Crippen LogP contribution in [0.2, 0.25) is 0 Å². The van der Waals surface area contributed by atoms with Gasteiger partial charge in [0.1, 0.15) is 0 Å². The van der Waals surface area contributed by atoms with E-state index in [0.29, 0.717) is 19.4 Å². The van der Waals surface area contributed by atoms with Crippen LogP contribution in [0.3, 0.4) is 0 Å². The number of carboxylic acid groups (broad SMARTS) is 1. The molecule has 1 atom stereocenters. The van der Waals surface area contributed by atoms with Gasteiger partial charge in [0.2, 0.25) is 0 Å². The minimum Gasteiger partial charge on any atom is -0.481 e. The second kappa shape index (κ2) is 4.99. The number of rotatable bonds is 5. The van der Waals surface area contributed by atoms with Crippen molar-refractivity contribution in [3.8, 4) is 0 Å². The van der Waals surface area contributed by atoms with Gasteiger partial charge in [-0.1, -0.05) is 6.08 Å². The van der Waals surface area contributed by atoms with Crippen LogP contribution in [0.15, 0.2) is 12.7 Å². The first kappa shape index (κ1) is 9.17. The van der Waals surface area contributed by atoms with Crippen LogP contribution in [0, 0.1) is 5.92 Å². The Balaban J connectivity index is 3.71. The second-order valence-corrected chi connectivity index (χ2v) is 2.14. The fourth-order valence-corrected chi connectivity index (χ4v) is 0.745. The van der Waals surface area contributed by atoms with Crippen LogP contribution in [0.4, 0.5) is 0 Å². The van der Waals surface area contributed by atoms with E-state index in [1.54, 1.807) is 6.08 Å². The van der Waals surface area contributed by atoms with Crippen LogP contribution in [-0.4, -0.2) is 17.6 Å². The fraction of sp³-hybridized carbons (Fsp3) is 0.571. The van der Waals surface area contributed by atoms with Crippen LogP contribution >= 0.6 is 0 Å². The number of carbonyl (C=O) groups is 1. The van der Waals surface area contributed by atoms with Gasteiger partial charge in [0, 0.05) is 0 Å². The van der Waals surface area contributed by atoms with E-state index in [4.69, 9.17) is 10.8 Å². The highest BCUT2D eigenvalue weighted by atomic mass is 16.4. The van der Waals surface area contributed by atoms with Gasteiger partial charge in [-0.05, 0) is 19.4 Å². The number of carboxylic acids is 1. The predicted molar refractivity (Wildman–Crippen MR) is 39.6 cm³/mol. The van der Waals surface area contributed by atoms with E-state index in [-0.39, 0.29) is 5.92 Å². The van der Waals surface area contributed by atoms with Crippen molar-refractivity contribution in [2.75, 3.05) is 6.54 Å².